The molecule has 0 aliphatic heterocycles. The van der Waals surface area contributed by atoms with E-state index in [0.717, 1.165) is 28.2 Å². The molecule has 28 heavy (non-hydrogen) atoms. The van der Waals surface area contributed by atoms with E-state index in [1.807, 2.05) is 61.7 Å². The number of aromatic nitrogens is 2. The number of H-pyrrole nitrogens is 1. The summed E-state index contributed by atoms with van der Waals surface area (Å²) in [7, 11) is 0. The Kier molecular flexibility index (Phi) is 6.53. The molecule has 0 atom stereocenters. The highest BCUT2D eigenvalue weighted by molar-refractivity contribution is 5.95. The summed E-state index contributed by atoms with van der Waals surface area (Å²) in [5.74, 6) is 1.12. The zero-order valence-corrected chi connectivity index (χ0v) is 16.2. The summed E-state index contributed by atoms with van der Waals surface area (Å²) >= 11 is 0. The average molecular weight is 368 g/mol. The number of Topliss-reactive ketones (excluding diaryl/α,β-unsaturated/α-hetero) is 1. The van der Waals surface area contributed by atoms with Gasteiger partial charge < -0.3 is 4.98 Å². The summed E-state index contributed by atoms with van der Waals surface area (Å²) in [5, 5.41) is 0. The number of aromatic amines is 1. The molecule has 1 aromatic heterocycles. The average Bonchev–Trinajstić information content (AvgIpc) is 3.26. The molecule has 4 rings (SSSR count). The first-order valence-corrected chi connectivity index (χ1v) is 9.43. The van der Waals surface area contributed by atoms with E-state index in [1.54, 1.807) is 0 Å². The number of nitrogens with zero attached hydrogens (tertiary/aromatic N) is 1. The van der Waals surface area contributed by atoms with E-state index in [-0.39, 0.29) is 5.78 Å². The van der Waals surface area contributed by atoms with Crippen LogP contribution in [0.4, 0.5) is 0 Å². The maximum atomic E-state index is 11.0. The monoisotopic (exact) mass is 368 g/mol. The molecule has 0 aliphatic rings. The molecular formula is C25H24N2O. The second kappa shape index (κ2) is 9.47. The molecule has 140 valence electrons. The zero-order chi connectivity index (χ0) is 19.8. The number of carbonyl (C=O) groups excluding carboxylic acids is 1. The van der Waals surface area contributed by atoms with E-state index in [0.29, 0.717) is 6.42 Å². The Bertz CT molecular complexity index is 1000. The van der Waals surface area contributed by atoms with Gasteiger partial charge in [-0.25, -0.2) is 4.98 Å². The van der Waals surface area contributed by atoms with Crippen molar-refractivity contribution in [3.05, 3.63) is 102 Å². The minimum Gasteiger partial charge on any atom is -0.338 e. The Morgan fingerprint density at radius 2 is 1.43 bits per heavy atom. The molecule has 0 amide bonds. The first-order valence-electron chi connectivity index (χ1n) is 9.43. The first kappa shape index (κ1) is 19.3. The molecule has 0 aliphatic carbocycles. The van der Waals surface area contributed by atoms with Crippen LogP contribution in [0.2, 0.25) is 0 Å². The van der Waals surface area contributed by atoms with Crippen molar-refractivity contribution in [1.82, 2.24) is 9.97 Å². The Hall–Kier alpha value is -3.46. The van der Waals surface area contributed by atoms with Crippen molar-refractivity contribution < 1.29 is 4.79 Å². The molecule has 0 saturated heterocycles. The van der Waals surface area contributed by atoms with E-state index < -0.39 is 0 Å². The summed E-state index contributed by atoms with van der Waals surface area (Å²) in [4.78, 5) is 18.8. The lowest BCUT2D eigenvalue weighted by atomic mass is 10.1. The second-order valence-electron chi connectivity index (χ2n) is 6.52. The number of hydrogen-bond donors (Lipinski definition) is 1. The van der Waals surface area contributed by atoms with E-state index in [9.17, 15) is 4.79 Å². The molecule has 4 aromatic rings. The van der Waals surface area contributed by atoms with Crippen molar-refractivity contribution in [2.24, 2.45) is 0 Å². The number of hydrogen-bond acceptors (Lipinski definition) is 2. The highest BCUT2D eigenvalue weighted by Crippen LogP contribution is 2.22. The van der Waals surface area contributed by atoms with Crippen molar-refractivity contribution >= 4 is 5.78 Å². The molecule has 1 N–H and O–H groups in total. The Balaban J connectivity index is 0.000000192. The molecule has 0 radical (unpaired) electrons. The zero-order valence-electron chi connectivity index (χ0n) is 16.2. The van der Waals surface area contributed by atoms with Gasteiger partial charge >= 0.3 is 0 Å². The standard InChI is InChI=1S/C16H14N2.C9H10O/c1-12-7-9-13(10-8-12)15-11-17-16(18-15)14-5-3-2-4-6-14;1-2-9(10)8-6-4-3-5-7-8/h2-11H,1H3,(H,17,18);3-7H,2H2,1H3. The van der Waals surface area contributed by atoms with Crippen LogP contribution in [0.15, 0.2) is 91.1 Å². The molecule has 0 fully saturated rings. The Labute approximate surface area is 166 Å². The van der Waals surface area contributed by atoms with Gasteiger partial charge in [0.2, 0.25) is 0 Å². The maximum absolute atomic E-state index is 11.0. The van der Waals surface area contributed by atoms with Crippen molar-refractivity contribution in [1.29, 1.82) is 0 Å². The normalized spacial score (nSPS) is 10.1. The van der Waals surface area contributed by atoms with Crippen LogP contribution in [0.1, 0.15) is 29.3 Å². The summed E-state index contributed by atoms with van der Waals surface area (Å²) in [6.45, 7) is 3.96. The maximum Gasteiger partial charge on any atom is 0.162 e. The number of rotatable bonds is 4. The van der Waals surface area contributed by atoms with E-state index in [1.165, 1.54) is 5.56 Å². The van der Waals surface area contributed by atoms with Gasteiger partial charge in [-0.15, -0.1) is 0 Å². The van der Waals surface area contributed by atoms with Crippen LogP contribution in [0, 0.1) is 6.92 Å². The van der Waals surface area contributed by atoms with Gasteiger partial charge in [-0.2, -0.15) is 0 Å². The van der Waals surface area contributed by atoms with Crippen LogP contribution in [-0.4, -0.2) is 15.8 Å². The topological polar surface area (TPSA) is 45.8 Å². The summed E-state index contributed by atoms with van der Waals surface area (Å²) in [5.41, 5.74) is 5.39. The lowest BCUT2D eigenvalue weighted by molar-refractivity contribution is 0.0988. The van der Waals surface area contributed by atoms with Crippen LogP contribution in [0.25, 0.3) is 22.6 Å². The van der Waals surface area contributed by atoms with Gasteiger partial charge in [0.25, 0.3) is 0 Å². The van der Waals surface area contributed by atoms with E-state index >= 15 is 0 Å². The van der Waals surface area contributed by atoms with Gasteiger partial charge in [0.1, 0.15) is 5.82 Å². The molecule has 1 heterocycles. The quantitative estimate of drug-likeness (QED) is 0.428. The van der Waals surface area contributed by atoms with Gasteiger partial charge in [-0.1, -0.05) is 97.4 Å². The predicted molar refractivity (Wildman–Crippen MR) is 115 cm³/mol. The van der Waals surface area contributed by atoms with Crippen LogP contribution in [-0.2, 0) is 0 Å². The van der Waals surface area contributed by atoms with Crippen LogP contribution >= 0.6 is 0 Å². The smallest absolute Gasteiger partial charge is 0.162 e. The summed E-state index contributed by atoms with van der Waals surface area (Å²) < 4.78 is 0. The fourth-order valence-electron chi connectivity index (χ4n) is 2.77. The minimum absolute atomic E-state index is 0.209. The van der Waals surface area contributed by atoms with Crippen LogP contribution < -0.4 is 0 Å². The van der Waals surface area contributed by atoms with E-state index in [4.69, 9.17) is 0 Å². The van der Waals surface area contributed by atoms with Gasteiger partial charge in [-0.3, -0.25) is 4.79 Å². The van der Waals surface area contributed by atoms with Crippen molar-refractivity contribution in [2.45, 2.75) is 20.3 Å². The largest absolute Gasteiger partial charge is 0.338 e. The third kappa shape index (κ3) is 5.04. The minimum atomic E-state index is 0.209. The number of nitrogens with one attached hydrogen (secondary N) is 1. The van der Waals surface area contributed by atoms with Crippen LogP contribution in [0.3, 0.4) is 0 Å². The molecule has 0 spiro atoms. The van der Waals surface area contributed by atoms with Gasteiger partial charge in [0.05, 0.1) is 11.9 Å². The van der Waals surface area contributed by atoms with Gasteiger partial charge in [0, 0.05) is 17.5 Å². The van der Waals surface area contributed by atoms with Crippen molar-refractivity contribution in [3.8, 4) is 22.6 Å². The molecule has 0 bridgehead atoms. The molecule has 3 aromatic carbocycles. The highest BCUT2D eigenvalue weighted by atomic mass is 16.1. The van der Waals surface area contributed by atoms with Crippen molar-refractivity contribution in [2.75, 3.05) is 0 Å². The Morgan fingerprint density at radius 1 is 0.821 bits per heavy atom. The van der Waals surface area contributed by atoms with Gasteiger partial charge in [0.15, 0.2) is 5.78 Å². The van der Waals surface area contributed by atoms with Gasteiger partial charge in [-0.05, 0) is 12.5 Å². The summed E-state index contributed by atoms with van der Waals surface area (Å²) in [6, 6.07) is 27.9. The second-order valence-corrected chi connectivity index (χ2v) is 6.52. The molecular weight excluding hydrogens is 344 g/mol. The molecule has 3 nitrogen and oxygen atoms in total. The SMILES string of the molecule is CCC(=O)c1ccccc1.Cc1ccc(-c2cnc(-c3ccccc3)[nH]2)cc1. The fourth-order valence-corrected chi connectivity index (χ4v) is 2.77. The lowest BCUT2D eigenvalue weighted by Crippen LogP contribution is -1.94. The number of benzene rings is 3. The van der Waals surface area contributed by atoms with Crippen LogP contribution in [0.5, 0.6) is 0 Å². The lowest BCUT2D eigenvalue weighted by Gasteiger charge is -1.98. The predicted octanol–water partition coefficient (Wildman–Crippen LogP) is 6.33. The number of carbonyl (C=O) groups is 1. The Morgan fingerprint density at radius 3 is 2.04 bits per heavy atom. The molecule has 0 unspecified atom stereocenters. The number of ketones is 1. The third-order valence-corrected chi connectivity index (χ3v) is 4.40. The third-order valence-electron chi connectivity index (χ3n) is 4.40. The fraction of sp³-hybridized carbons (Fsp3) is 0.120. The first-order chi connectivity index (χ1) is 13.7. The molecule has 3 heteroatoms. The number of aryl methyl sites for hydroxylation is 1. The molecule has 0 saturated carbocycles. The number of imidazole rings is 1. The van der Waals surface area contributed by atoms with E-state index in [2.05, 4.69) is 53.3 Å². The summed E-state index contributed by atoms with van der Waals surface area (Å²) in [6.07, 6.45) is 2.47. The van der Waals surface area contributed by atoms with Crippen molar-refractivity contribution in [3.63, 3.8) is 0 Å². The highest BCUT2D eigenvalue weighted by Gasteiger charge is 2.04.